The van der Waals surface area contributed by atoms with Crippen molar-refractivity contribution in [2.75, 3.05) is 0 Å². The van der Waals surface area contributed by atoms with Gasteiger partial charge in [-0.3, -0.25) is 4.57 Å². The van der Waals surface area contributed by atoms with Crippen LogP contribution in [-0.4, -0.2) is 19.1 Å². The summed E-state index contributed by atoms with van der Waals surface area (Å²) in [7, 11) is 0. The fourth-order valence-electron chi connectivity index (χ4n) is 10.8. The Hall–Kier alpha value is -9.12. The molecule has 0 fully saturated rings. The first-order valence-corrected chi connectivity index (χ1v) is 23.2. The molecule has 316 valence electrons. The molecule has 0 aliphatic carbocycles. The lowest BCUT2D eigenvalue weighted by molar-refractivity contribution is 1.03. The summed E-state index contributed by atoms with van der Waals surface area (Å²) in [5.41, 5.74) is 13.5. The molecule has 11 aromatic carbocycles. The van der Waals surface area contributed by atoms with Crippen molar-refractivity contribution in [3.63, 3.8) is 0 Å². The molecule has 0 saturated heterocycles. The Bertz CT molecular complexity index is 4130. The van der Waals surface area contributed by atoms with Crippen LogP contribution in [0.3, 0.4) is 0 Å². The van der Waals surface area contributed by atoms with E-state index in [9.17, 15) is 0 Å². The van der Waals surface area contributed by atoms with E-state index < -0.39 is 0 Å². The lowest BCUT2D eigenvalue weighted by atomic mass is 9.93. The van der Waals surface area contributed by atoms with Gasteiger partial charge in [-0.25, -0.2) is 9.97 Å². The number of rotatable bonds is 6. The maximum atomic E-state index is 5.59. The number of imidazole rings is 1. The zero-order valence-electron chi connectivity index (χ0n) is 36.9. The molecular weight excluding hydrogens is 825 g/mol. The second-order valence-corrected chi connectivity index (χ2v) is 17.7. The van der Waals surface area contributed by atoms with E-state index in [2.05, 4.69) is 246 Å². The van der Waals surface area contributed by atoms with E-state index in [0.717, 1.165) is 61.3 Å². The standard InChI is InChI=1S/C64H40N4/c1-3-15-41(16-4-1)44-29-34-58-56(38-44)57-39-45(42-17-5-2-6-18-42)30-35-59(57)67(58)49-32-27-43(28-33-49)64-66-62-54-25-13-11-23-52(54)53-24-12-14-26-55(53)63(62)68(64)60-36-31-48(40-65-60)61-50-21-9-7-19-46(50)37-47-20-8-10-22-51(47)61/h1-40H. The first-order valence-electron chi connectivity index (χ1n) is 23.2. The third-order valence-corrected chi connectivity index (χ3v) is 13.9. The van der Waals surface area contributed by atoms with E-state index in [-0.39, 0.29) is 0 Å². The van der Waals surface area contributed by atoms with Gasteiger partial charge in [0.25, 0.3) is 0 Å². The van der Waals surface area contributed by atoms with Crippen LogP contribution in [0.5, 0.6) is 0 Å². The van der Waals surface area contributed by atoms with Crippen molar-refractivity contribution in [2.45, 2.75) is 0 Å². The van der Waals surface area contributed by atoms with Crippen molar-refractivity contribution in [2.24, 2.45) is 0 Å². The van der Waals surface area contributed by atoms with Crippen molar-refractivity contribution < 1.29 is 0 Å². The van der Waals surface area contributed by atoms with Crippen LogP contribution in [0.4, 0.5) is 0 Å². The van der Waals surface area contributed by atoms with Crippen molar-refractivity contribution >= 4 is 75.9 Å². The zero-order chi connectivity index (χ0) is 44.7. The van der Waals surface area contributed by atoms with Gasteiger partial charge in [0.1, 0.15) is 11.6 Å². The van der Waals surface area contributed by atoms with Crippen LogP contribution >= 0.6 is 0 Å². The van der Waals surface area contributed by atoms with E-state index in [1.807, 2.05) is 6.20 Å². The molecule has 0 aliphatic heterocycles. The Labute approximate surface area is 392 Å². The Kier molecular flexibility index (Phi) is 8.55. The minimum Gasteiger partial charge on any atom is -0.309 e. The number of nitrogens with zero attached hydrogens (tertiary/aromatic N) is 4. The van der Waals surface area contributed by atoms with Crippen LogP contribution in [-0.2, 0) is 0 Å². The lowest BCUT2D eigenvalue weighted by Crippen LogP contribution is -2.01. The molecule has 14 aromatic rings. The van der Waals surface area contributed by atoms with E-state index >= 15 is 0 Å². The van der Waals surface area contributed by atoms with Gasteiger partial charge in [-0.1, -0.05) is 170 Å². The molecular formula is C64H40N4. The van der Waals surface area contributed by atoms with Gasteiger partial charge in [0.15, 0.2) is 0 Å². The van der Waals surface area contributed by atoms with Gasteiger partial charge in [0.2, 0.25) is 0 Å². The van der Waals surface area contributed by atoms with Crippen molar-refractivity contribution in [3.8, 4) is 56.3 Å². The molecule has 4 heteroatoms. The summed E-state index contributed by atoms with van der Waals surface area (Å²) in [6.07, 6.45) is 2.04. The number of pyridine rings is 1. The van der Waals surface area contributed by atoms with Gasteiger partial charge in [-0.2, -0.15) is 0 Å². The van der Waals surface area contributed by atoms with Crippen LogP contribution in [0, 0.1) is 0 Å². The highest BCUT2D eigenvalue weighted by atomic mass is 15.1. The van der Waals surface area contributed by atoms with Gasteiger partial charge in [-0.05, 0) is 127 Å². The Morgan fingerprint density at radius 2 is 0.794 bits per heavy atom. The molecule has 68 heavy (non-hydrogen) atoms. The summed E-state index contributed by atoms with van der Waals surface area (Å²) < 4.78 is 4.68. The number of hydrogen-bond donors (Lipinski definition) is 0. The first kappa shape index (κ1) is 38.2. The third kappa shape index (κ3) is 5.94. The predicted octanol–water partition coefficient (Wildman–Crippen LogP) is 16.8. The number of hydrogen-bond acceptors (Lipinski definition) is 2. The van der Waals surface area contributed by atoms with Crippen LogP contribution in [0.15, 0.2) is 243 Å². The van der Waals surface area contributed by atoms with E-state index in [4.69, 9.17) is 9.97 Å². The largest absolute Gasteiger partial charge is 0.309 e. The van der Waals surface area contributed by atoms with Gasteiger partial charge >= 0.3 is 0 Å². The van der Waals surface area contributed by atoms with E-state index in [1.54, 1.807) is 0 Å². The molecule has 14 rings (SSSR count). The summed E-state index contributed by atoms with van der Waals surface area (Å²) in [6, 6.07) is 85.3. The smallest absolute Gasteiger partial charge is 0.146 e. The molecule has 0 N–H and O–H groups in total. The Morgan fingerprint density at radius 1 is 0.309 bits per heavy atom. The maximum Gasteiger partial charge on any atom is 0.146 e. The second kappa shape index (κ2) is 15.2. The lowest BCUT2D eigenvalue weighted by Gasteiger charge is -2.15. The summed E-state index contributed by atoms with van der Waals surface area (Å²) >= 11 is 0. The van der Waals surface area contributed by atoms with E-state index in [0.29, 0.717) is 0 Å². The summed E-state index contributed by atoms with van der Waals surface area (Å²) in [5.74, 6) is 1.65. The van der Waals surface area contributed by atoms with E-state index in [1.165, 1.54) is 70.9 Å². The number of benzene rings is 11. The van der Waals surface area contributed by atoms with Crippen molar-refractivity contribution in [1.29, 1.82) is 0 Å². The molecule has 3 heterocycles. The zero-order valence-corrected chi connectivity index (χ0v) is 36.9. The SMILES string of the molecule is c1ccc(-c2ccc3c(c2)c2cc(-c4ccccc4)ccc2n3-c2ccc(-c3nc4c5ccccc5c5ccccc5c4n3-c3ccc(-c4c5ccccc5cc5ccccc45)cn3)cc2)cc1. The summed E-state index contributed by atoms with van der Waals surface area (Å²) in [5, 5.41) is 11.9. The fraction of sp³-hybridized carbons (Fsp3) is 0. The highest BCUT2D eigenvalue weighted by Gasteiger charge is 2.22. The van der Waals surface area contributed by atoms with Crippen LogP contribution in [0.25, 0.3) is 132 Å². The molecule has 0 amide bonds. The van der Waals surface area contributed by atoms with Crippen LogP contribution in [0.1, 0.15) is 0 Å². The molecule has 0 aliphatic rings. The molecule has 0 unspecified atom stereocenters. The van der Waals surface area contributed by atoms with Gasteiger partial charge in [0.05, 0.1) is 22.1 Å². The van der Waals surface area contributed by atoms with Crippen molar-refractivity contribution in [1.82, 2.24) is 19.1 Å². The van der Waals surface area contributed by atoms with Gasteiger partial charge in [0, 0.05) is 44.6 Å². The normalized spacial score (nSPS) is 11.8. The minimum absolute atomic E-state index is 0.811. The molecule has 4 nitrogen and oxygen atoms in total. The number of aromatic nitrogens is 4. The number of fused-ring (bicyclic) bond motifs is 11. The monoisotopic (exact) mass is 864 g/mol. The van der Waals surface area contributed by atoms with Crippen molar-refractivity contribution in [3.05, 3.63) is 243 Å². The molecule has 0 spiro atoms. The Morgan fingerprint density at radius 3 is 1.37 bits per heavy atom. The average molecular weight is 865 g/mol. The maximum absolute atomic E-state index is 5.59. The summed E-state index contributed by atoms with van der Waals surface area (Å²) in [4.78, 5) is 10.9. The molecule has 3 aromatic heterocycles. The quantitative estimate of drug-likeness (QED) is 0.123. The second-order valence-electron chi connectivity index (χ2n) is 17.7. The molecule has 0 bridgehead atoms. The molecule has 0 atom stereocenters. The minimum atomic E-state index is 0.811. The summed E-state index contributed by atoms with van der Waals surface area (Å²) in [6.45, 7) is 0. The molecule has 0 saturated carbocycles. The van der Waals surface area contributed by atoms with Gasteiger partial charge < -0.3 is 4.57 Å². The van der Waals surface area contributed by atoms with Crippen LogP contribution < -0.4 is 0 Å². The topological polar surface area (TPSA) is 35.6 Å². The molecule has 0 radical (unpaired) electrons. The first-order chi connectivity index (χ1) is 33.7. The van der Waals surface area contributed by atoms with Crippen LogP contribution in [0.2, 0.25) is 0 Å². The highest BCUT2D eigenvalue weighted by molar-refractivity contribution is 6.24. The Balaban J connectivity index is 0.963. The predicted molar refractivity (Wildman–Crippen MR) is 285 cm³/mol. The fourth-order valence-corrected chi connectivity index (χ4v) is 10.8. The van der Waals surface area contributed by atoms with Gasteiger partial charge in [-0.15, -0.1) is 0 Å². The third-order valence-electron chi connectivity index (χ3n) is 13.9. The average Bonchev–Trinajstić information content (AvgIpc) is 3.98. The highest BCUT2D eigenvalue weighted by Crippen LogP contribution is 2.42.